The highest BCUT2D eigenvalue weighted by Gasteiger charge is 2.22. The summed E-state index contributed by atoms with van der Waals surface area (Å²) in [7, 11) is 0. The molecule has 1 saturated heterocycles. The van der Waals surface area contributed by atoms with Crippen molar-refractivity contribution in [2.45, 2.75) is 52.1 Å². The number of nitrogens with zero attached hydrogens (tertiary/aromatic N) is 2. The third kappa shape index (κ3) is 3.77. The van der Waals surface area contributed by atoms with Gasteiger partial charge in [0.25, 0.3) is 0 Å². The van der Waals surface area contributed by atoms with Gasteiger partial charge in [-0.15, -0.1) is 11.3 Å². The molecule has 0 spiro atoms. The van der Waals surface area contributed by atoms with Crippen LogP contribution < -0.4 is 5.32 Å². The highest BCUT2D eigenvalue weighted by atomic mass is 32.1. The van der Waals surface area contributed by atoms with Crippen molar-refractivity contribution in [3.05, 3.63) is 16.1 Å². The van der Waals surface area contributed by atoms with E-state index in [1.807, 2.05) is 11.3 Å². The van der Waals surface area contributed by atoms with Crippen molar-refractivity contribution in [1.82, 2.24) is 15.2 Å². The zero-order chi connectivity index (χ0) is 12.8. The van der Waals surface area contributed by atoms with E-state index in [1.165, 1.54) is 43.1 Å². The predicted octanol–water partition coefficient (Wildman–Crippen LogP) is 2.67. The summed E-state index contributed by atoms with van der Waals surface area (Å²) in [5, 5.41) is 6.99. The standard InChI is InChI=1S/C14H25N3S/c1-3-5-12-11-18-14(16-12)10-17(8-4-2)13-6-7-15-9-13/h11,13,15H,3-10H2,1-2H3. The minimum absolute atomic E-state index is 0.712. The fourth-order valence-corrected chi connectivity index (χ4v) is 3.45. The quantitative estimate of drug-likeness (QED) is 0.823. The molecule has 1 atom stereocenters. The SMILES string of the molecule is CCCc1csc(CN(CCC)C2CCNC2)n1. The molecule has 2 rings (SSSR count). The highest BCUT2D eigenvalue weighted by Crippen LogP contribution is 2.17. The number of rotatable bonds is 7. The van der Waals surface area contributed by atoms with Gasteiger partial charge in [-0.05, 0) is 32.4 Å². The second kappa shape index (κ2) is 7.22. The van der Waals surface area contributed by atoms with Crippen molar-refractivity contribution < 1.29 is 0 Å². The lowest BCUT2D eigenvalue weighted by atomic mass is 10.2. The van der Waals surface area contributed by atoms with Crippen LogP contribution in [0.1, 0.15) is 43.8 Å². The number of hydrogen-bond acceptors (Lipinski definition) is 4. The van der Waals surface area contributed by atoms with Crippen molar-refractivity contribution in [3.63, 3.8) is 0 Å². The van der Waals surface area contributed by atoms with Crippen LogP contribution in [-0.2, 0) is 13.0 Å². The lowest BCUT2D eigenvalue weighted by Crippen LogP contribution is -2.36. The maximum atomic E-state index is 4.75. The topological polar surface area (TPSA) is 28.2 Å². The molecule has 102 valence electrons. The number of thiazole rings is 1. The molecule has 3 nitrogen and oxygen atoms in total. The number of hydrogen-bond donors (Lipinski definition) is 1. The van der Waals surface area contributed by atoms with Gasteiger partial charge in [0.1, 0.15) is 5.01 Å². The van der Waals surface area contributed by atoms with E-state index in [4.69, 9.17) is 4.98 Å². The summed E-state index contributed by atoms with van der Waals surface area (Å²) >= 11 is 1.83. The molecule has 1 aromatic heterocycles. The summed E-state index contributed by atoms with van der Waals surface area (Å²) in [5.41, 5.74) is 1.28. The molecule has 2 heterocycles. The molecule has 1 aromatic rings. The van der Waals surface area contributed by atoms with Gasteiger partial charge in [-0.3, -0.25) is 4.90 Å². The third-order valence-electron chi connectivity index (χ3n) is 3.51. The molecule has 0 aromatic carbocycles. The largest absolute Gasteiger partial charge is 0.315 e. The van der Waals surface area contributed by atoms with Crippen LogP contribution in [0.5, 0.6) is 0 Å². The molecule has 0 radical (unpaired) electrons. The van der Waals surface area contributed by atoms with Crippen molar-refractivity contribution in [1.29, 1.82) is 0 Å². The molecule has 0 saturated carbocycles. The third-order valence-corrected chi connectivity index (χ3v) is 4.39. The zero-order valence-corrected chi connectivity index (χ0v) is 12.4. The van der Waals surface area contributed by atoms with Crippen molar-refractivity contribution in [2.75, 3.05) is 19.6 Å². The highest BCUT2D eigenvalue weighted by molar-refractivity contribution is 7.09. The van der Waals surface area contributed by atoms with E-state index in [1.54, 1.807) is 0 Å². The Hall–Kier alpha value is -0.450. The van der Waals surface area contributed by atoms with Gasteiger partial charge in [0, 0.05) is 18.0 Å². The van der Waals surface area contributed by atoms with Crippen LogP contribution in [0.25, 0.3) is 0 Å². The Morgan fingerprint density at radius 3 is 3.00 bits per heavy atom. The molecule has 1 N–H and O–H groups in total. The predicted molar refractivity (Wildman–Crippen MR) is 78.1 cm³/mol. The van der Waals surface area contributed by atoms with Crippen LogP contribution in [0.4, 0.5) is 0 Å². The minimum Gasteiger partial charge on any atom is -0.315 e. The lowest BCUT2D eigenvalue weighted by Gasteiger charge is -2.26. The van der Waals surface area contributed by atoms with Crippen LogP contribution in [0, 0.1) is 0 Å². The first-order valence-electron chi connectivity index (χ1n) is 7.21. The van der Waals surface area contributed by atoms with E-state index in [-0.39, 0.29) is 0 Å². The van der Waals surface area contributed by atoms with E-state index >= 15 is 0 Å². The minimum atomic E-state index is 0.712. The molecule has 1 aliphatic rings. The first-order chi connectivity index (χ1) is 8.83. The summed E-state index contributed by atoms with van der Waals surface area (Å²) in [6.45, 7) is 9.02. The van der Waals surface area contributed by atoms with E-state index in [2.05, 4.69) is 29.4 Å². The van der Waals surface area contributed by atoms with Gasteiger partial charge in [-0.1, -0.05) is 20.3 Å². The smallest absolute Gasteiger partial charge is 0.107 e. The van der Waals surface area contributed by atoms with Crippen LogP contribution in [0.3, 0.4) is 0 Å². The van der Waals surface area contributed by atoms with E-state index in [0.717, 1.165) is 19.5 Å². The zero-order valence-electron chi connectivity index (χ0n) is 11.6. The maximum absolute atomic E-state index is 4.75. The summed E-state index contributed by atoms with van der Waals surface area (Å²) in [5.74, 6) is 0. The molecular weight excluding hydrogens is 242 g/mol. The molecule has 1 aliphatic heterocycles. The molecular formula is C14H25N3S. The molecule has 0 aliphatic carbocycles. The summed E-state index contributed by atoms with van der Waals surface area (Å²) in [4.78, 5) is 7.36. The first kappa shape index (κ1) is 14.0. The number of aryl methyl sites for hydroxylation is 1. The maximum Gasteiger partial charge on any atom is 0.107 e. The average Bonchev–Trinajstić information content (AvgIpc) is 3.00. The van der Waals surface area contributed by atoms with Crippen LogP contribution >= 0.6 is 11.3 Å². The Labute approximate surface area is 115 Å². The van der Waals surface area contributed by atoms with Gasteiger partial charge in [-0.2, -0.15) is 0 Å². The molecule has 4 heteroatoms. The van der Waals surface area contributed by atoms with Gasteiger partial charge in [-0.25, -0.2) is 4.98 Å². The summed E-state index contributed by atoms with van der Waals surface area (Å²) in [6.07, 6.45) is 4.82. The van der Waals surface area contributed by atoms with E-state index < -0.39 is 0 Å². The molecule has 1 fully saturated rings. The molecule has 0 bridgehead atoms. The van der Waals surface area contributed by atoms with Gasteiger partial charge < -0.3 is 5.32 Å². The van der Waals surface area contributed by atoms with Gasteiger partial charge in [0.15, 0.2) is 0 Å². The van der Waals surface area contributed by atoms with Crippen LogP contribution in [0.2, 0.25) is 0 Å². The van der Waals surface area contributed by atoms with Crippen LogP contribution in [-0.4, -0.2) is 35.6 Å². The fraction of sp³-hybridized carbons (Fsp3) is 0.786. The molecule has 18 heavy (non-hydrogen) atoms. The van der Waals surface area contributed by atoms with Gasteiger partial charge >= 0.3 is 0 Å². The van der Waals surface area contributed by atoms with Crippen molar-refractivity contribution >= 4 is 11.3 Å². The monoisotopic (exact) mass is 267 g/mol. The van der Waals surface area contributed by atoms with Crippen molar-refractivity contribution in [2.24, 2.45) is 0 Å². The fourth-order valence-electron chi connectivity index (χ4n) is 2.60. The number of nitrogens with one attached hydrogen (secondary N) is 1. The normalized spacial score (nSPS) is 19.8. The summed E-state index contributed by atoms with van der Waals surface area (Å²) in [6, 6.07) is 0.712. The Morgan fingerprint density at radius 2 is 2.33 bits per heavy atom. The second-order valence-corrected chi connectivity index (χ2v) is 6.04. The Kier molecular flexibility index (Phi) is 5.60. The molecule has 0 amide bonds. The Balaban J connectivity index is 1.93. The lowest BCUT2D eigenvalue weighted by molar-refractivity contribution is 0.199. The summed E-state index contributed by atoms with van der Waals surface area (Å²) < 4.78 is 0. The second-order valence-electron chi connectivity index (χ2n) is 5.10. The van der Waals surface area contributed by atoms with Gasteiger partial charge in [0.2, 0.25) is 0 Å². The van der Waals surface area contributed by atoms with Gasteiger partial charge in [0.05, 0.1) is 12.2 Å². The number of aromatic nitrogens is 1. The van der Waals surface area contributed by atoms with E-state index in [9.17, 15) is 0 Å². The average molecular weight is 267 g/mol. The Morgan fingerprint density at radius 1 is 1.44 bits per heavy atom. The van der Waals surface area contributed by atoms with Crippen molar-refractivity contribution in [3.8, 4) is 0 Å². The molecule has 1 unspecified atom stereocenters. The Bertz CT molecular complexity index is 345. The van der Waals surface area contributed by atoms with Crippen LogP contribution in [0.15, 0.2) is 5.38 Å². The van der Waals surface area contributed by atoms with E-state index in [0.29, 0.717) is 6.04 Å². The first-order valence-corrected chi connectivity index (χ1v) is 8.09.